The molecule has 0 spiro atoms. The number of benzene rings is 2. The lowest BCUT2D eigenvalue weighted by Gasteiger charge is -2.21. The van der Waals surface area contributed by atoms with Crippen LogP contribution in [0.2, 0.25) is 0 Å². The van der Waals surface area contributed by atoms with E-state index in [1.165, 1.54) is 17.1 Å². The van der Waals surface area contributed by atoms with E-state index in [2.05, 4.69) is 10.4 Å². The van der Waals surface area contributed by atoms with Gasteiger partial charge in [0.1, 0.15) is 12.4 Å². The molecule has 0 bridgehead atoms. The summed E-state index contributed by atoms with van der Waals surface area (Å²) in [5.74, 6) is -0.169. The number of nitrogens with zero attached hydrogens (tertiary/aromatic N) is 2. The van der Waals surface area contributed by atoms with E-state index in [1.807, 2.05) is 18.2 Å². The van der Waals surface area contributed by atoms with Gasteiger partial charge in [-0.3, -0.25) is 9.80 Å². The highest BCUT2D eigenvalue weighted by Crippen LogP contribution is 2.05. The van der Waals surface area contributed by atoms with Gasteiger partial charge < -0.3 is 5.73 Å². The number of hydrogen-bond acceptors (Lipinski definition) is 3. The summed E-state index contributed by atoms with van der Waals surface area (Å²) in [6.07, 6.45) is 0. The lowest BCUT2D eigenvalue weighted by atomic mass is 10.1. The van der Waals surface area contributed by atoms with Crippen molar-refractivity contribution in [3.8, 4) is 0 Å². The average molecular weight is 314 g/mol. The fourth-order valence-electron chi connectivity index (χ4n) is 1.98. The Morgan fingerprint density at radius 2 is 1.83 bits per heavy atom. The summed E-state index contributed by atoms with van der Waals surface area (Å²) in [5, 5.41) is 1.47. The van der Waals surface area contributed by atoms with Crippen LogP contribution in [-0.2, 0) is 6.54 Å². The van der Waals surface area contributed by atoms with Crippen LogP contribution in [0.3, 0.4) is 0 Å². The van der Waals surface area contributed by atoms with Crippen molar-refractivity contribution in [2.75, 3.05) is 13.6 Å². The Kier molecular flexibility index (Phi) is 5.82. The highest BCUT2D eigenvalue weighted by molar-refractivity contribution is 5.99. The molecule has 0 fully saturated rings. The smallest absolute Gasteiger partial charge is 0.206 e. The zero-order chi connectivity index (χ0) is 16.7. The Morgan fingerprint density at radius 3 is 2.43 bits per heavy atom. The Labute approximate surface area is 134 Å². The van der Waals surface area contributed by atoms with Crippen molar-refractivity contribution in [1.82, 2.24) is 10.4 Å². The molecule has 5 nitrogen and oxygen atoms in total. The van der Waals surface area contributed by atoms with Crippen molar-refractivity contribution in [3.05, 3.63) is 71.5 Å². The molecule has 0 aliphatic rings. The number of nitrogens with two attached hydrogens (primary N) is 1. The topological polar surface area (TPSA) is 70.7 Å². The standard InChI is InChI=1S/C17H19FN4O/c1-20-22(12-16(23)14-5-3-2-4-6-14)17(19)21-11-13-7-9-15(18)10-8-13/h2-10,20H,11-12H2,1H3,(H2,19,21). The summed E-state index contributed by atoms with van der Waals surface area (Å²) in [6.45, 7) is 0.378. The normalized spacial score (nSPS) is 11.3. The van der Waals surface area contributed by atoms with Gasteiger partial charge in [-0.1, -0.05) is 42.5 Å². The number of Topliss-reactive ketones (excluding diaryl/α,β-unsaturated/α-hetero) is 1. The second kappa shape index (κ2) is 8.05. The molecular formula is C17H19FN4O. The molecule has 0 unspecified atom stereocenters. The van der Waals surface area contributed by atoms with Crippen LogP contribution in [0, 0.1) is 5.82 Å². The first-order valence-corrected chi connectivity index (χ1v) is 7.17. The van der Waals surface area contributed by atoms with E-state index in [9.17, 15) is 9.18 Å². The monoisotopic (exact) mass is 314 g/mol. The third kappa shape index (κ3) is 4.89. The fraction of sp³-hybridized carbons (Fsp3) is 0.176. The number of ketones is 1. The van der Waals surface area contributed by atoms with Crippen molar-refractivity contribution < 1.29 is 9.18 Å². The maximum atomic E-state index is 12.9. The molecular weight excluding hydrogens is 295 g/mol. The maximum Gasteiger partial charge on any atom is 0.206 e. The number of nitrogens with one attached hydrogen (secondary N) is 1. The van der Waals surface area contributed by atoms with Crippen LogP contribution in [0.15, 0.2) is 59.6 Å². The molecule has 0 saturated heterocycles. The number of carbonyl (C=O) groups excluding carboxylic acids is 1. The van der Waals surface area contributed by atoms with Gasteiger partial charge in [0, 0.05) is 12.6 Å². The number of rotatable bonds is 6. The first-order chi connectivity index (χ1) is 11.1. The van der Waals surface area contributed by atoms with E-state index in [1.54, 1.807) is 31.3 Å². The van der Waals surface area contributed by atoms with Gasteiger partial charge in [0.25, 0.3) is 0 Å². The Hall–Kier alpha value is -2.73. The van der Waals surface area contributed by atoms with Crippen LogP contribution < -0.4 is 11.2 Å². The van der Waals surface area contributed by atoms with Crippen molar-refractivity contribution in [2.24, 2.45) is 10.7 Å². The summed E-state index contributed by atoms with van der Waals surface area (Å²) in [5.41, 5.74) is 10.2. The lowest BCUT2D eigenvalue weighted by molar-refractivity contribution is 0.0948. The van der Waals surface area contributed by atoms with Crippen molar-refractivity contribution in [1.29, 1.82) is 0 Å². The van der Waals surface area contributed by atoms with E-state index in [-0.39, 0.29) is 24.1 Å². The van der Waals surface area contributed by atoms with Crippen LogP contribution in [0.25, 0.3) is 0 Å². The quantitative estimate of drug-likeness (QED) is 0.370. The lowest BCUT2D eigenvalue weighted by Crippen LogP contribution is -2.47. The molecule has 0 aliphatic heterocycles. The minimum Gasteiger partial charge on any atom is -0.369 e. The molecule has 0 aliphatic carbocycles. The third-order valence-corrected chi connectivity index (χ3v) is 3.28. The number of hydrazine groups is 1. The number of hydrogen-bond donors (Lipinski definition) is 2. The molecule has 2 aromatic rings. The molecule has 0 amide bonds. The zero-order valence-corrected chi connectivity index (χ0v) is 12.9. The van der Waals surface area contributed by atoms with Crippen molar-refractivity contribution in [2.45, 2.75) is 6.54 Å². The van der Waals surface area contributed by atoms with E-state index >= 15 is 0 Å². The summed E-state index contributed by atoms with van der Waals surface area (Å²) >= 11 is 0. The van der Waals surface area contributed by atoms with Gasteiger partial charge in [-0.05, 0) is 17.7 Å². The molecule has 6 heteroatoms. The molecule has 120 valence electrons. The largest absolute Gasteiger partial charge is 0.369 e. The second-order valence-corrected chi connectivity index (χ2v) is 4.90. The van der Waals surface area contributed by atoms with E-state index in [0.29, 0.717) is 12.1 Å². The molecule has 0 heterocycles. The molecule has 0 saturated carbocycles. The summed E-state index contributed by atoms with van der Waals surface area (Å²) in [4.78, 5) is 16.4. The van der Waals surface area contributed by atoms with E-state index < -0.39 is 0 Å². The SMILES string of the molecule is CNN(CC(=O)c1ccccc1)C(N)=NCc1ccc(F)cc1. The van der Waals surface area contributed by atoms with Gasteiger partial charge in [0.15, 0.2) is 5.78 Å². The summed E-state index contributed by atoms with van der Waals surface area (Å²) in [6, 6.07) is 15.0. The average Bonchev–Trinajstić information content (AvgIpc) is 2.59. The molecule has 2 rings (SSSR count). The fourth-order valence-corrected chi connectivity index (χ4v) is 1.98. The predicted octanol–water partition coefficient (Wildman–Crippen LogP) is 1.96. The number of aliphatic imine (C=N–C) groups is 1. The second-order valence-electron chi connectivity index (χ2n) is 4.90. The van der Waals surface area contributed by atoms with Crippen LogP contribution in [-0.4, -0.2) is 30.3 Å². The molecule has 0 atom stereocenters. The van der Waals surface area contributed by atoms with Gasteiger partial charge in [-0.15, -0.1) is 0 Å². The van der Waals surface area contributed by atoms with Gasteiger partial charge in [-0.2, -0.15) is 0 Å². The zero-order valence-electron chi connectivity index (χ0n) is 12.9. The van der Waals surface area contributed by atoms with Gasteiger partial charge in [0.05, 0.1) is 6.54 Å². The molecule has 2 aromatic carbocycles. The Balaban J connectivity index is 2.00. The first-order valence-electron chi connectivity index (χ1n) is 7.17. The van der Waals surface area contributed by atoms with Gasteiger partial charge in [-0.25, -0.2) is 14.8 Å². The Morgan fingerprint density at radius 1 is 1.17 bits per heavy atom. The molecule has 0 aromatic heterocycles. The van der Waals surface area contributed by atoms with E-state index in [0.717, 1.165) is 5.56 Å². The highest BCUT2D eigenvalue weighted by atomic mass is 19.1. The summed E-state index contributed by atoms with van der Waals surface area (Å²) in [7, 11) is 1.67. The molecule has 3 N–H and O–H groups in total. The van der Waals surface area contributed by atoms with Crippen LogP contribution in [0.4, 0.5) is 4.39 Å². The summed E-state index contributed by atoms with van der Waals surface area (Å²) < 4.78 is 12.9. The van der Waals surface area contributed by atoms with Gasteiger partial charge >= 0.3 is 0 Å². The maximum absolute atomic E-state index is 12.9. The Bertz CT molecular complexity index is 671. The number of halogens is 1. The minimum atomic E-state index is -0.295. The van der Waals surface area contributed by atoms with Crippen molar-refractivity contribution in [3.63, 3.8) is 0 Å². The van der Waals surface area contributed by atoms with Gasteiger partial charge in [0.2, 0.25) is 5.96 Å². The van der Waals surface area contributed by atoms with Crippen LogP contribution in [0.1, 0.15) is 15.9 Å². The van der Waals surface area contributed by atoms with E-state index in [4.69, 9.17) is 5.73 Å². The van der Waals surface area contributed by atoms with Crippen molar-refractivity contribution >= 4 is 11.7 Å². The highest BCUT2D eigenvalue weighted by Gasteiger charge is 2.13. The molecule has 0 radical (unpaired) electrons. The first kappa shape index (κ1) is 16.6. The third-order valence-electron chi connectivity index (χ3n) is 3.28. The molecule has 23 heavy (non-hydrogen) atoms. The minimum absolute atomic E-state index is 0.0687. The van der Waals surface area contributed by atoms with Crippen LogP contribution in [0.5, 0.6) is 0 Å². The predicted molar refractivity (Wildman–Crippen MR) is 88.3 cm³/mol. The number of carbonyl (C=O) groups is 1. The number of guanidine groups is 1. The van der Waals surface area contributed by atoms with Crippen LogP contribution >= 0.6 is 0 Å².